The molecule has 0 saturated carbocycles. The highest BCUT2D eigenvalue weighted by molar-refractivity contribution is 5.76. The van der Waals surface area contributed by atoms with Crippen molar-refractivity contribution in [2.45, 2.75) is 52.0 Å². The van der Waals surface area contributed by atoms with Crippen LogP contribution < -0.4 is 5.73 Å². The van der Waals surface area contributed by atoms with Crippen LogP contribution in [-0.4, -0.2) is 30.4 Å². The normalized spacial score (nSPS) is 10.6. The van der Waals surface area contributed by atoms with E-state index in [1.54, 1.807) is 0 Å². The van der Waals surface area contributed by atoms with E-state index >= 15 is 0 Å². The fourth-order valence-corrected chi connectivity index (χ4v) is 1.64. The van der Waals surface area contributed by atoms with Crippen molar-refractivity contribution in [3.05, 3.63) is 0 Å². The van der Waals surface area contributed by atoms with Gasteiger partial charge in [-0.1, -0.05) is 13.8 Å². The van der Waals surface area contributed by atoms with E-state index in [-0.39, 0.29) is 5.91 Å². The number of nitrogens with two attached hydrogens (primary N) is 1. The average molecular weight is 200 g/mol. The Morgan fingerprint density at radius 2 is 1.86 bits per heavy atom. The highest BCUT2D eigenvalue weighted by atomic mass is 16.2. The molecule has 0 heterocycles. The molecule has 84 valence electrons. The Bertz CT molecular complexity index is 155. The van der Waals surface area contributed by atoms with Gasteiger partial charge < -0.3 is 10.6 Å². The molecule has 1 amide bonds. The van der Waals surface area contributed by atoms with Gasteiger partial charge in [0, 0.05) is 19.5 Å². The lowest BCUT2D eigenvalue weighted by Gasteiger charge is -2.26. The molecule has 0 aromatic carbocycles. The number of hydrogen-bond acceptors (Lipinski definition) is 2. The minimum atomic E-state index is 0.257. The summed E-state index contributed by atoms with van der Waals surface area (Å²) in [5.74, 6) is 0.257. The number of hydrogen-bond donors (Lipinski definition) is 1. The van der Waals surface area contributed by atoms with Crippen molar-refractivity contribution in [2.24, 2.45) is 5.73 Å². The van der Waals surface area contributed by atoms with Gasteiger partial charge in [0.15, 0.2) is 0 Å². The van der Waals surface area contributed by atoms with Crippen molar-refractivity contribution in [1.82, 2.24) is 4.90 Å². The maximum atomic E-state index is 11.7. The molecule has 0 fully saturated rings. The average Bonchev–Trinajstić information content (AvgIpc) is 2.19. The largest absolute Gasteiger partial charge is 0.343 e. The number of rotatable bonds is 7. The molecule has 0 saturated heterocycles. The van der Waals surface area contributed by atoms with Crippen molar-refractivity contribution in [3.8, 4) is 0 Å². The van der Waals surface area contributed by atoms with Crippen LogP contribution in [0.1, 0.15) is 46.0 Å². The molecule has 0 aliphatic heterocycles. The van der Waals surface area contributed by atoms with E-state index in [2.05, 4.69) is 13.8 Å². The summed E-state index contributed by atoms with van der Waals surface area (Å²) in [6.07, 6.45) is 4.58. The highest BCUT2D eigenvalue weighted by Gasteiger charge is 2.15. The molecule has 0 rings (SSSR count). The fraction of sp³-hybridized carbons (Fsp3) is 0.909. The predicted octanol–water partition coefficient (Wildman–Crippen LogP) is 1.76. The van der Waals surface area contributed by atoms with Crippen molar-refractivity contribution in [2.75, 3.05) is 13.6 Å². The van der Waals surface area contributed by atoms with Gasteiger partial charge in [-0.15, -0.1) is 0 Å². The monoisotopic (exact) mass is 200 g/mol. The van der Waals surface area contributed by atoms with Crippen LogP contribution in [-0.2, 0) is 4.79 Å². The second-order valence-electron chi connectivity index (χ2n) is 3.72. The van der Waals surface area contributed by atoms with Gasteiger partial charge in [-0.3, -0.25) is 4.79 Å². The second kappa shape index (κ2) is 7.80. The van der Waals surface area contributed by atoms with E-state index in [1.165, 1.54) is 0 Å². The Balaban J connectivity index is 3.84. The number of carbonyl (C=O) groups excluding carboxylic acids is 1. The Hall–Kier alpha value is -0.570. The van der Waals surface area contributed by atoms with E-state index in [0.29, 0.717) is 19.0 Å². The lowest BCUT2D eigenvalue weighted by molar-refractivity contribution is -0.132. The molecule has 3 nitrogen and oxygen atoms in total. The molecule has 0 bridgehead atoms. The summed E-state index contributed by atoms with van der Waals surface area (Å²) in [6.45, 7) is 4.93. The second-order valence-corrected chi connectivity index (χ2v) is 3.72. The third-order valence-electron chi connectivity index (χ3n) is 2.73. The maximum absolute atomic E-state index is 11.7. The van der Waals surface area contributed by atoms with Gasteiger partial charge in [-0.25, -0.2) is 0 Å². The summed E-state index contributed by atoms with van der Waals surface area (Å²) in [5, 5.41) is 0. The molecule has 3 heteroatoms. The summed E-state index contributed by atoms with van der Waals surface area (Å²) >= 11 is 0. The third kappa shape index (κ3) is 4.61. The summed E-state index contributed by atoms with van der Waals surface area (Å²) in [5.41, 5.74) is 5.38. The number of nitrogens with zero attached hydrogens (tertiary/aromatic N) is 1. The number of unbranched alkanes of at least 4 members (excludes halogenated alkanes) is 1. The zero-order valence-corrected chi connectivity index (χ0v) is 9.75. The third-order valence-corrected chi connectivity index (χ3v) is 2.73. The first-order valence-corrected chi connectivity index (χ1v) is 5.63. The van der Waals surface area contributed by atoms with Crippen LogP contribution >= 0.6 is 0 Å². The van der Waals surface area contributed by atoms with E-state index in [4.69, 9.17) is 5.73 Å². The molecule has 0 radical (unpaired) electrons. The molecule has 0 aliphatic rings. The smallest absolute Gasteiger partial charge is 0.222 e. The van der Waals surface area contributed by atoms with Crippen molar-refractivity contribution in [1.29, 1.82) is 0 Å². The molecule has 0 aliphatic carbocycles. The van der Waals surface area contributed by atoms with Gasteiger partial charge in [-0.2, -0.15) is 0 Å². The van der Waals surface area contributed by atoms with Crippen LogP contribution in [0.3, 0.4) is 0 Å². The zero-order chi connectivity index (χ0) is 11.0. The number of amides is 1. The minimum absolute atomic E-state index is 0.257. The number of carbonyl (C=O) groups is 1. The molecular weight excluding hydrogens is 176 g/mol. The first kappa shape index (κ1) is 13.4. The van der Waals surface area contributed by atoms with Crippen molar-refractivity contribution >= 4 is 5.91 Å². The van der Waals surface area contributed by atoms with E-state index in [1.807, 2.05) is 11.9 Å². The predicted molar refractivity (Wildman–Crippen MR) is 60.0 cm³/mol. The van der Waals surface area contributed by atoms with Gasteiger partial charge in [0.05, 0.1) is 0 Å². The molecule has 0 spiro atoms. The molecule has 2 N–H and O–H groups in total. The van der Waals surface area contributed by atoms with Gasteiger partial charge in [0.1, 0.15) is 0 Å². The van der Waals surface area contributed by atoms with E-state index in [9.17, 15) is 4.79 Å². The fourth-order valence-electron chi connectivity index (χ4n) is 1.64. The Morgan fingerprint density at radius 1 is 1.29 bits per heavy atom. The minimum Gasteiger partial charge on any atom is -0.343 e. The molecule has 14 heavy (non-hydrogen) atoms. The Morgan fingerprint density at radius 3 is 2.29 bits per heavy atom. The lowest BCUT2D eigenvalue weighted by atomic mass is 10.1. The molecule has 0 aromatic heterocycles. The van der Waals surface area contributed by atoms with Crippen LogP contribution in [0.4, 0.5) is 0 Å². The molecule has 0 aromatic rings. The van der Waals surface area contributed by atoms with Crippen molar-refractivity contribution in [3.63, 3.8) is 0 Å². The summed E-state index contributed by atoms with van der Waals surface area (Å²) in [4.78, 5) is 13.5. The summed E-state index contributed by atoms with van der Waals surface area (Å²) in [6, 6.07) is 0.403. The van der Waals surface area contributed by atoms with Crippen molar-refractivity contribution < 1.29 is 4.79 Å². The summed E-state index contributed by atoms with van der Waals surface area (Å²) < 4.78 is 0. The molecule has 0 atom stereocenters. The first-order chi connectivity index (χ1) is 6.67. The zero-order valence-electron chi connectivity index (χ0n) is 9.75. The van der Waals surface area contributed by atoms with Crippen LogP contribution in [0.15, 0.2) is 0 Å². The SMILES string of the molecule is CCC(CC)N(C)C(=O)CCCCN. The maximum Gasteiger partial charge on any atom is 0.222 e. The first-order valence-electron chi connectivity index (χ1n) is 5.63. The lowest BCUT2D eigenvalue weighted by Crippen LogP contribution is -2.36. The highest BCUT2D eigenvalue weighted by Crippen LogP contribution is 2.09. The van der Waals surface area contributed by atoms with E-state index in [0.717, 1.165) is 25.7 Å². The summed E-state index contributed by atoms with van der Waals surface area (Å²) in [7, 11) is 1.91. The van der Waals surface area contributed by atoms with Gasteiger partial charge >= 0.3 is 0 Å². The topological polar surface area (TPSA) is 46.3 Å². The van der Waals surface area contributed by atoms with Gasteiger partial charge in [0.25, 0.3) is 0 Å². The van der Waals surface area contributed by atoms with Crippen LogP contribution in [0.2, 0.25) is 0 Å². The van der Waals surface area contributed by atoms with E-state index < -0.39 is 0 Å². The van der Waals surface area contributed by atoms with Crippen LogP contribution in [0.25, 0.3) is 0 Å². The molecular formula is C11H24N2O. The van der Waals surface area contributed by atoms with Crippen LogP contribution in [0, 0.1) is 0 Å². The van der Waals surface area contributed by atoms with Crippen LogP contribution in [0.5, 0.6) is 0 Å². The van der Waals surface area contributed by atoms with Gasteiger partial charge in [0.2, 0.25) is 5.91 Å². The standard InChI is InChI=1S/C11H24N2O/c1-4-10(5-2)13(3)11(14)8-6-7-9-12/h10H,4-9,12H2,1-3H3. The van der Waals surface area contributed by atoms with Gasteiger partial charge in [-0.05, 0) is 32.2 Å². The molecule has 0 unspecified atom stereocenters. The quantitative estimate of drug-likeness (QED) is 0.637. The Kier molecular flexibility index (Phi) is 7.48. The Labute approximate surface area is 87.6 Å².